The van der Waals surface area contributed by atoms with Crippen molar-refractivity contribution in [1.82, 2.24) is 0 Å². The van der Waals surface area contributed by atoms with Crippen molar-refractivity contribution in [1.29, 1.82) is 0 Å². The minimum atomic E-state index is -1.05. The standard InChI is InChI=1S/C9H9FO2S/c10-7-1-3-9(4-2-7)13(11)6-8-5-12-8/h1-4,8H,5-6H2. The van der Waals surface area contributed by atoms with E-state index in [1.807, 2.05) is 0 Å². The molecule has 0 aromatic heterocycles. The Morgan fingerprint density at radius 2 is 2.08 bits per heavy atom. The molecule has 0 bridgehead atoms. The van der Waals surface area contributed by atoms with Crippen LogP contribution in [0.3, 0.4) is 0 Å². The summed E-state index contributed by atoms with van der Waals surface area (Å²) in [5.74, 6) is 0.217. The van der Waals surface area contributed by atoms with Crippen LogP contribution in [-0.2, 0) is 15.5 Å². The van der Waals surface area contributed by atoms with E-state index in [0.717, 1.165) is 0 Å². The van der Waals surface area contributed by atoms with Crippen LogP contribution in [0, 0.1) is 5.82 Å². The Hall–Kier alpha value is -0.740. The third-order valence-electron chi connectivity index (χ3n) is 1.82. The molecule has 0 N–H and O–H groups in total. The molecule has 0 saturated carbocycles. The van der Waals surface area contributed by atoms with Gasteiger partial charge in [-0.05, 0) is 24.3 Å². The fraction of sp³-hybridized carbons (Fsp3) is 0.333. The van der Waals surface area contributed by atoms with Crippen LogP contribution in [0.1, 0.15) is 0 Å². The molecular formula is C9H9FO2S. The second-order valence-corrected chi connectivity index (χ2v) is 4.42. The fourth-order valence-electron chi connectivity index (χ4n) is 1.02. The molecule has 1 heterocycles. The average Bonchev–Trinajstić information content (AvgIpc) is 2.89. The van der Waals surface area contributed by atoms with E-state index in [9.17, 15) is 8.60 Å². The van der Waals surface area contributed by atoms with Gasteiger partial charge in [-0.25, -0.2) is 4.39 Å². The van der Waals surface area contributed by atoms with Crippen molar-refractivity contribution in [2.24, 2.45) is 0 Å². The molecule has 2 rings (SSSR count). The summed E-state index contributed by atoms with van der Waals surface area (Å²) >= 11 is 0. The van der Waals surface area contributed by atoms with Gasteiger partial charge in [0.05, 0.1) is 29.3 Å². The third kappa shape index (κ3) is 2.35. The van der Waals surface area contributed by atoms with Crippen LogP contribution in [-0.4, -0.2) is 22.7 Å². The zero-order valence-corrected chi connectivity index (χ0v) is 7.72. The lowest BCUT2D eigenvalue weighted by Gasteiger charge is -1.98. The number of benzene rings is 1. The van der Waals surface area contributed by atoms with Crippen molar-refractivity contribution < 1.29 is 13.3 Å². The number of epoxide rings is 1. The third-order valence-corrected chi connectivity index (χ3v) is 3.29. The number of hydrogen-bond acceptors (Lipinski definition) is 2. The second kappa shape index (κ2) is 3.55. The lowest BCUT2D eigenvalue weighted by Crippen LogP contribution is -2.03. The molecule has 0 spiro atoms. The molecule has 2 nitrogen and oxygen atoms in total. The van der Waals surface area contributed by atoms with Crippen LogP contribution < -0.4 is 0 Å². The first-order valence-corrected chi connectivity index (χ1v) is 5.33. The quantitative estimate of drug-likeness (QED) is 0.689. The van der Waals surface area contributed by atoms with Gasteiger partial charge in [0.25, 0.3) is 0 Å². The van der Waals surface area contributed by atoms with Gasteiger partial charge in [-0.3, -0.25) is 4.21 Å². The molecule has 13 heavy (non-hydrogen) atoms. The Labute approximate surface area is 78.2 Å². The van der Waals surface area contributed by atoms with Crippen LogP contribution in [0.15, 0.2) is 29.2 Å². The van der Waals surface area contributed by atoms with Gasteiger partial charge in [-0.15, -0.1) is 0 Å². The summed E-state index contributed by atoms with van der Waals surface area (Å²) in [6.45, 7) is 0.701. The lowest BCUT2D eigenvalue weighted by molar-refractivity contribution is 0.425. The molecule has 2 atom stereocenters. The first-order chi connectivity index (χ1) is 6.25. The fourth-order valence-corrected chi connectivity index (χ4v) is 2.18. The normalized spacial score (nSPS) is 22.7. The van der Waals surface area contributed by atoms with Crippen molar-refractivity contribution in [3.05, 3.63) is 30.1 Å². The number of halogens is 1. The molecule has 1 saturated heterocycles. The zero-order valence-electron chi connectivity index (χ0n) is 6.90. The van der Waals surface area contributed by atoms with Crippen molar-refractivity contribution >= 4 is 10.8 Å². The van der Waals surface area contributed by atoms with E-state index in [0.29, 0.717) is 17.3 Å². The molecule has 0 radical (unpaired) electrons. The molecule has 1 fully saturated rings. The van der Waals surface area contributed by atoms with Gasteiger partial charge in [0.15, 0.2) is 0 Å². The minimum Gasteiger partial charge on any atom is -0.372 e. The van der Waals surface area contributed by atoms with Crippen LogP contribution >= 0.6 is 0 Å². The smallest absolute Gasteiger partial charge is 0.123 e. The molecule has 1 aliphatic heterocycles. The highest BCUT2D eigenvalue weighted by Gasteiger charge is 2.25. The molecule has 1 aromatic carbocycles. The van der Waals surface area contributed by atoms with Crippen molar-refractivity contribution in [2.75, 3.05) is 12.4 Å². The van der Waals surface area contributed by atoms with Crippen LogP contribution in [0.4, 0.5) is 4.39 Å². The highest BCUT2D eigenvalue weighted by Crippen LogP contribution is 2.15. The number of rotatable bonds is 3. The molecule has 0 aliphatic carbocycles. The van der Waals surface area contributed by atoms with Gasteiger partial charge in [0.2, 0.25) is 0 Å². The van der Waals surface area contributed by atoms with Crippen molar-refractivity contribution in [3.63, 3.8) is 0 Å². The molecular weight excluding hydrogens is 191 g/mol. The maximum Gasteiger partial charge on any atom is 0.123 e. The predicted octanol–water partition coefficient (Wildman–Crippen LogP) is 1.33. The van der Waals surface area contributed by atoms with E-state index in [-0.39, 0.29) is 11.9 Å². The Kier molecular flexibility index (Phi) is 2.42. The predicted molar refractivity (Wildman–Crippen MR) is 47.4 cm³/mol. The van der Waals surface area contributed by atoms with E-state index < -0.39 is 10.8 Å². The first kappa shape index (κ1) is 8.84. The Morgan fingerprint density at radius 1 is 1.46 bits per heavy atom. The maximum atomic E-state index is 12.5. The zero-order chi connectivity index (χ0) is 9.26. The molecule has 1 aromatic rings. The van der Waals surface area contributed by atoms with E-state index in [1.54, 1.807) is 12.1 Å². The van der Waals surface area contributed by atoms with Crippen LogP contribution in [0.25, 0.3) is 0 Å². The Morgan fingerprint density at radius 3 is 2.62 bits per heavy atom. The monoisotopic (exact) mass is 200 g/mol. The van der Waals surface area contributed by atoms with Crippen molar-refractivity contribution in [3.8, 4) is 0 Å². The summed E-state index contributed by atoms with van der Waals surface area (Å²) < 4.78 is 29.0. The topological polar surface area (TPSA) is 29.6 Å². The summed E-state index contributed by atoms with van der Waals surface area (Å²) in [6, 6.07) is 5.74. The minimum absolute atomic E-state index is 0.144. The van der Waals surface area contributed by atoms with Gasteiger partial charge in [0.1, 0.15) is 5.82 Å². The second-order valence-electron chi connectivity index (χ2n) is 2.92. The molecule has 70 valence electrons. The van der Waals surface area contributed by atoms with E-state index in [4.69, 9.17) is 4.74 Å². The summed E-state index contributed by atoms with van der Waals surface area (Å²) in [7, 11) is -1.05. The Balaban J connectivity index is 2.05. The summed E-state index contributed by atoms with van der Waals surface area (Å²) in [5.41, 5.74) is 0. The van der Waals surface area contributed by atoms with E-state index in [2.05, 4.69) is 0 Å². The highest BCUT2D eigenvalue weighted by molar-refractivity contribution is 7.85. The Bertz CT molecular complexity index is 319. The molecule has 0 amide bonds. The van der Waals surface area contributed by atoms with Gasteiger partial charge < -0.3 is 4.74 Å². The van der Waals surface area contributed by atoms with E-state index in [1.165, 1.54) is 12.1 Å². The number of ether oxygens (including phenoxy) is 1. The summed E-state index contributed by atoms with van der Waals surface area (Å²) in [6.07, 6.45) is 0.144. The van der Waals surface area contributed by atoms with Gasteiger partial charge in [0, 0.05) is 4.90 Å². The van der Waals surface area contributed by atoms with Crippen LogP contribution in [0.2, 0.25) is 0 Å². The lowest BCUT2D eigenvalue weighted by atomic mass is 10.4. The SMILES string of the molecule is O=S(CC1CO1)c1ccc(F)cc1. The molecule has 1 aliphatic rings. The number of hydrogen-bond donors (Lipinski definition) is 0. The highest BCUT2D eigenvalue weighted by atomic mass is 32.2. The summed E-state index contributed by atoms with van der Waals surface area (Å²) in [5, 5.41) is 0. The molecule has 4 heteroatoms. The maximum absolute atomic E-state index is 12.5. The first-order valence-electron chi connectivity index (χ1n) is 4.01. The van der Waals surface area contributed by atoms with E-state index >= 15 is 0 Å². The van der Waals surface area contributed by atoms with Crippen molar-refractivity contribution in [2.45, 2.75) is 11.0 Å². The van der Waals surface area contributed by atoms with Gasteiger partial charge >= 0.3 is 0 Å². The average molecular weight is 200 g/mol. The van der Waals surface area contributed by atoms with Crippen LogP contribution in [0.5, 0.6) is 0 Å². The van der Waals surface area contributed by atoms with Gasteiger partial charge in [-0.1, -0.05) is 0 Å². The van der Waals surface area contributed by atoms with Gasteiger partial charge in [-0.2, -0.15) is 0 Å². The molecule has 2 unspecified atom stereocenters. The largest absolute Gasteiger partial charge is 0.372 e. The summed E-state index contributed by atoms with van der Waals surface area (Å²) in [4.78, 5) is 0.664.